The van der Waals surface area contributed by atoms with Gasteiger partial charge in [0.1, 0.15) is 17.5 Å². The third-order valence-electron chi connectivity index (χ3n) is 4.32. The van der Waals surface area contributed by atoms with Crippen molar-refractivity contribution in [3.05, 3.63) is 11.9 Å². The van der Waals surface area contributed by atoms with Crippen molar-refractivity contribution in [2.45, 2.75) is 58.0 Å². The molecule has 0 bridgehead atoms. The van der Waals surface area contributed by atoms with Crippen molar-refractivity contribution in [1.82, 2.24) is 9.97 Å². The van der Waals surface area contributed by atoms with Crippen molar-refractivity contribution in [3.63, 3.8) is 0 Å². The SMILES string of the molecule is CCc1nc(N)cc(NCC2(O)CCC(CC)CC2)n1. The van der Waals surface area contributed by atoms with E-state index in [1.807, 2.05) is 6.92 Å². The summed E-state index contributed by atoms with van der Waals surface area (Å²) >= 11 is 0. The fraction of sp³-hybridized carbons (Fsp3) is 0.733. The number of aromatic nitrogens is 2. The molecule has 1 aromatic heterocycles. The van der Waals surface area contributed by atoms with Gasteiger partial charge in [-0.05, 0) is 31.6 Å². The van der Waals surface area contributed by atoms with Crippen molar-refractivity contribution in [2.75, 3.05) is 17.6 Å². The van der Waals surface area contributed by atoms with Crippen LogP contribution in [0.15, 0.2) is 6.07 Å². The molecule has 0 radical (unpaired) electrons. The Hall–Kier alpha value is -1.36. The van der Waals surface area contributed by atoms with Crippen LogP contribution in [-0.4, -0.2) is 27.2 Å². The molecule has 1 heterocycles. The molecule has 0 aliphatic heterocycles. The minimum atomic E-state index is -0.613. The first-order valence-corrected chi connectivity index (χ1v) is 7.64. The molecule has 112 valence electrons. The first kappa shape index (κ1) is 15.0. The molecular formula is C15H26N4O. The maximum atomic E-state index is 10.6. The average molecular weight is 278 g/mol. The van der Waals surface area contributed by atoms with Gasteiger partial charge in [0.05, 0.1) is 5.60 Å². The van der Waals surface area contributed by atoms with Crippen molar-refractivity contribution >= 4 is 11.6 Å². The molecule has 1 aromatic rings. The molecule has 5 heteroatoms. The van der Waals surface area contributed by atoms with Gasteiger partial charge in [-0.2, -0.15) is 0 Å². The topological polar surface area (TPSA) is 84.1 Å². The first-order chi connectivity index (χ1) is 9.54. The van der Waals surface area contributed by atoms with Gasteiger partial charge in [0, 0.05) is 19.0 Å². The number of rotatable bonds is 5. The van der Waals surface area contributed by atoms with Crippen molar-refractivity contribution < 1.29 is 5.11 Å². The van der Waals surface area contributed by atoms with Crippen LogP contribution in [0.2, 0.25) is 0 Å². The maximum Gasteiger partial charge on any atom is 0.132 e. The molecule has 1 saturated carbocycles. The number of anilines is 2. The molecule has 0 spiro atoms. The van der Waals surface area contributed by atoms with E-state index in [0.29, 0.717) is 18.2 Å². The molecule has 0 atom stereocenters. The van der Waals surface area contributed by atoms with Crippen LogP contribution in [0.3, 0.4) is 0 Å². The summed E-state index contributed by atoms with van der Waals surface area (Å²) in [7, 11) is 0. The Kier molecular flexibility index (Phi) is 4.81. The van der Waals surface area contributed by atoms with E-state index < -0.39 is 5.60 Å². The summed E-state index contributed by atoms with van der Waals surface area (Å²) in [6, 6.07) is 1.72. The molecule has 20 heavy (non-hydrogen) atoms. The van der Waals surface area contributed by atoms with Crippen LogP contribution in [0.1, 0.15) is 51.8 Å². The van der Waals surface area contributed by atoms with E-state index in [-0.39, 0.29) is 0 Å². The number of nitrogens with one attached hydrogen (secondary N) is 1. The second-order valence-corrected chi connectivity index (χ2v) is 5.88. The highest BCUT2D eigenvalue weighted by Crippen LogP contribution is 2.33. The van der Waals surface area contributed by atoms with Crippen LogP contribution >= 0.6 is 0 Å². The van der Waals surface area contributed by atoms with Gasteiger partial charge < -0.3 is 16.2 Å². The van der Waals surface area contributed by atoms with Gasteiger partial charge in [-0.15, -0.1) is 0 Å². The molecule has 0 amide bonds. The minimum Gasteiger partial charge on any atom is -0.388 e. The predicted molar refractivity (Wildman–Crippen MR) is 81.5 cm³/mol. The third kappa shape index (κ3) is 3.82. The highest BCUT2D eigenvalue weighted by atomic mass is 16.3. The van der Waals surface area contributed by atoms with E-state index in [1.54, 1.807) is 6.07 Å². The van der Waals surface area contributed by atoms with Crippen LogP contribution in [-0.2, 0) is 6.42 Å². The molecule has 2 rings (SSSR count). The number of hydrogen-bond acceptors (Lipinski definition) is 5. The molecule has 4 N–H and O–H groups in total. The molecule has 0 saturated heterocycles. The number of aliphatic hydroxyl groups is 1. The van der Waals surface area contributed by atoms with Crippen molar-refractivity contribution in [1.29, 1.82) is 0 Å². The van der Waals surface area contributed by atoms with Gasteiger partial charge in [0.25, 0.3) is 0 Å². The minimum absolute atomic E-state index is 0.473. The molecule has 1 aliphatic rings. The lowest BCUT2D eigenvalue weighted by Gasteiger charge is -2.36. The van der Waals surface area contributed by atoms with E-state index in [4.69, 9.17) is 5.73 Å². The van der Waals surface area contributed by atoms with Crippen LogP contribution in [0.25, 0.3) is 0 Å². The Morgan fingerprint density at radius 3 is 2.65 bits per heavy atom. The van der Waals surface area contributed by atoms with E-state index in [0.717, 1.165) is 43.8 Å². The molecule has 1 fully saturated rings. The lowest BCUT2D eigenvalue weighted by molar-refractivity contribution is 0.00222. The Balaban J connectivity index is 1.93. The van der Waals surface area contributed by atoms with Gasteiger partial charge in [0.15, 0.2) is 0 Å². The van der Waals surface area contributed by atoms with Crippen LogP contribution in [0, 0.1) is 5.92 Å². The van der Waals surface area contributed by atoms with Crippen LogP contribution in [0.4, 0.5) is 11.6 Å². The molecule has 0 unspecified atom stereocenters. The second kappa shape index (κ2) is 6.39. The van der Waals surface area contributed by atoms with Crippen LogP contribution in [0.5, 0.6) is 0 Å². The number of hydrogen-bond donors (Lipinski definition) is 3. The quantitative estimate of drug-likeness (QED) is 0.770. The van der Waals surface area contributed by atoms with Gasteiger partial charge >= 0.3 is 0 Å². The molecule has 1 aliphatic carbocycles. The summed E-state index contributed by atoms with van der Waals surface area (Å²) in [5.41, 5.74) is 5.15. The normalized spacial score (nSPS) is 26.4. The number of nitrogens with zero attached hydrogens (tertiary/aromatic N) is 2. The summed E-state index contributed by atoms with van der Waals surface area (Å²) in [5.74, 6) is 2.69. The third-order valence-corrected chi connectivity index (χ3v) is 4.32. The van der Waals surface area contributed by atoms with Gasteiger partial charge in [-0.1, -0.05) is 20.3 Å². The summed E-state index contributed by atoms with van der Waals surface area (Å²) in [4.78, 5) is 8.53. The van der Waals surface area contributed by atoms with Crippen molar-refractivity contribution in [2.24, 2.45) is 5.92 Å². The lowest BCUT2D eigenvalue weighted by Crippen LogP contribution is -2.40. The lowest BCUT2D eigenvalue weighted by atomic mass is 9.78. The van der Waals surface area contributed by atoms with Crippen molar-refractivity contribution in [3.8, 4) is 0 Å². The Bertz CT molecular complexity index is 441. The van der Waals surface area contributed by atoms with E-state index in [1.165, 1.54) is 6.42 Å². The molecule has 0 aromatic carbocycles. The van der Waals surface area contributed by atoms with Gasteiger partial charge in [0.2, 0.25) is 0 Å². The maximum absolute atomic E-state index is 10.6. The van der Waals surface area contributed by atoms with E-state index in [2.05, 4.69) is 22.2 Å². The zero-order valence-corrected chi connectivity index (χ0v) is 12.5. The first-order valence-electron chi connectivity index (χ1n) is 7.64. The predicted octanol–water partition coefficient (Wildman–Crippen LogP) is 2.36. The smallest absolute Gasteiger partial charge is 0.132 e. The Morgan fingerprint density at radius 1 is 1.35 bits per heavy atom. The highest BCUT2D eigenvalue weighted by Gasteiger charge is 2.32. The van der Waals surface area contributed by atoms with E-state index >= 15 is 0 Å². The zero-order valence-electron chi connectivity index (χ0n) is 12.5. The number of nitrogen functional groups attached to an aromatic ring is 1. The highest BCUT2D eigenvalue weighted by molar-refractivity contribution is 5.44. The monoisotopic (exact) mass is 278 g/mol. The molecular weight excluding hydrogens is 252 g/mol. The molecule has 5 nitrogen and oxygen atoms in total. The van der Waals surface area contributed by atoms with Crippen LogP contribution < -0.4 is 11.1 Å². The summed E-state index contributed by atoms with van der Waals surface area (Å²) in [5, 5.41) is 13.8. The Labute approximate surface area is 121 Å². The number of nitrogens with two attached hydrogens (primary N) is 1. The van der Waals surface area contributed by atoms with Gasteiger partial charge in [-0.25, -0.2) is 9.97 Å². The summed E-state index contributed by atoms with van der Waals surface area (Å²) in [6.45, 7) is 4.75. The van der Waals surface area contributed by atoms with Gasteiger partial charge in [-0.3, -0.25) is 0 Å². The summed E-state index contributed by atoms with van der Waals surface area (Å²) < 4.78 is 0. The Morgan fingerprint density at radius 2 is 2.05 bits per heavy atom. The standard InChI is InChI=1S/C15H26N4O/c1-3-11-5-7-15(20,8-6-11)10-17-14-9-12(16)18-13(4-2)19-14/h9,11,20H,3-8,10H2,1-2H3,(H3,16,17,18,19). The fourth-order valence-electron chi connectivity index (χ4n) is 2.82. The van der Waals surface area contributed by atoms with E-state index in [9.17, 15) is 5.11 Å². The largest absolute Gasteiger partial charge is 0.388 e. The number of aryl methyl sites for hydroxylation is 1. The summed E-state index contributed by atoms with van der Waals surface area (Å²) in [6.07, 6.45) is 5.91. The average Bonchev–Trinajstić information content (AvgIpc) is 2.45. The fourth-order valence-corrected chi connectivity index (χ4v) is 2.82. The zero-order chi connectivity index (χ0) is 14.6. The second-order valence-electron chi connectivity index (χ2n) is 5.88.